The number of halogens is 1. The van der Waals surface area contributed by atoms with Gasteiger partial charge in [0, 0.05) is 31.7 Å². The molecule has 0 bridgehead atoms. The van der Waals surface area contributed by atoms with E-state index >= 15 is 0 Å². The summed E-state index contributed by atoms with van der Waals surface area (Å²) in [5, 5.41) is 0. The molecule has 2 nitrogen and oxygen atoms in total. The summed E-state index contributed by atoms with van der Waals surface area (Å²) in [5.41, 5.74) is 2.43. The van der Waals surface area contributed by atoms with Crippen LogP contribution in [0.4, 0.5) is 5.69 Å². The number of benzene rings is 1. The lowest BCUT2D eigenvalue weighted by molar-refractivity contribution is 0.416. The Kier molecular flexibility index (Phi) is 4.92. The van der Waals surface area contributed by atoms with Crippen molar-refractivity contribution in [2.24, 2.45) is 0 Å². The molecule has 0 saturated carbocycles. The van der Waals surface area contributed by atoms with Crippen molar-refractivity contribution in [1.29, 1.82) is 0 Å². The van der Waals surface area contributed by atoms with Crippen molar-refractivity contribution in [1.82, 2.24) is 4.90 Å². The molecule has 0 heterocycles. The highest BCUT2D eigenvalue weighted by Crippen LogP contribution is 2.20. The Hall–Kier alpha value is -0.730. The van der Waals surface area contributed by atoms with E-state index in [2.05, 4.69) is 49.1 Å². The number of rotatable bonds is 5. The van der Waals surface area contributed by atoms with Gasteiger partial charge in [-0.25, -0.2) is 0 Å². The fraction of sp³-hybridized carbons (Fsp3) is 0.500. The van der Waals surface area contributed by atoms with Gasteiger partial charge in [0.05, 0.1) is 0 Å². The molecule has 0 radical (unpaired) electrons. The third kappa shape index (κ3) is 3.73. The standard InChI is InChI=1S/C12H19ClN2/c1-14(2)8-9-15(3)12-7-5-4-6-11(12)10-13/h4-7H,8-10H2,1-3H3. The second-order valence-corrected chi connectivity index (χ2v) is 4.25. The van der Waals surface area contributed by atoms with Crippen LogP contribution < -0.4 is 4.90 Å². The number of hydrogen-bond acceptors (Lipinski definition) is 2. The molecule has 0 spiro atoms. The Balaban J connectivity index is 2.68. The topological polar surface area (TPSA) is 6.48 Å². The summed E-state index contributed by atoms with van der Waals surface area (Å²) in [6.07, 6.45) is 0. The van der Waals surface area contributed by atoms with Crippen molar-refractivity contribution in [3.05, 3.63) is 29.8 Å². The SMILES string of the molecule is CN(C)CCN(C)c1ccccc1CCl. The van der Waals surface area contributed by atoms with Crippen LogP contribution in [0.25, 0.3) is 0 Å². The first-order valence-electron chi connectivity index (χ1n) is 5.15. The fourth-order valence-corrected chi connectivity index (χ4v) is 1.69. The predicted molar refractivity (Wildman–Crippen MR) is 67.8 cm³/mol. The van der Waals surface area contributed by atoms with Gasteiger partial charge in [0.1, 0.15) is 0 Å². The van der Waals surface area contributed by atoms with E-state index < -0.39 is 0 Å². The normalized spacial score (nSPS) is 10.7. The smallest absolute Gasteiger partial charge is 0.0494 e. The minimum atomic E-state index is 0.572. The van der Waals surface area contributed by atoms with Crippen LogP contribution in [0.15, 0.2) is 24.3 Å². The summed E-state index contributed by atoms with van der Waals surface area (Å²) >= 11 is 5.90. The van der Waals surface area contributed by atoms with E-state index in [0.717, 1.165) is 13.1 Å². The molecule has 0 aromatic heterocycles. The lowest BCUT2D eigenvalue weighted by atomic mass is 10.2. The van der Waals surface area contributed by atoms with Crippen molar-refractivity contribution in [2.75, 3.05) is 39.1 Å². The van der Waals surface area contributed by atoms with Crippen LogP contribution in [0.5, 0.6) is 0 Å². The molecule has 1 aromatic carbocycles. The van der Waals surface area contributed by atoms with Crippen molar-refractivity contribution >= 4 is 17.3 Å². The van der Waals surface area contributed by atoms with Crippen molar-refractivity contribution in [2.45, 2.75) is 5.88 Å². The van der Waals surface area contributed by atoms with Crippen LogP contribution in [0, 0.1) is 0 Å². The van der Waals surface area contributed by atoms with Gasteiger partial charge in [-0.3, -0.25) is 0 Å². The lowest BCUT2D eigenvalue weighted by Gasteiger charge is -2.23. The number of para-hydroxylation sites is 1. The fourth-order valence-electron chi connectivity index (χ4n) is 1.47. The monoisotopic (exact) mass is 226 g/mol. The van der Waals surface area contributed by atoms with E-state index in [-0.39, 0.29) is 0 Å². The number of anilines is 1. The zero-order valence-electron chi connectivity index (χ0n) is 9.70. The van der Waals surface area contributed by atoms with Gasteiger partial charge in [0.2, 0.25) is 0 Å². The molecule has 1 rings (SSSR count). The van der Waals surface area contributed by atoms with Crippen LogP contribution in [0.2, 0.25) is 0 Å². The molecule has 0 aliphatic heterocycles. The van der Waals surface area contributed by atoms with Gasteiger partial charge >= 0.3 is 0 Å². The van der Waals surface area contributed by atoms with Gasteiger partial charge in [-0.2, -0.15) is 0 Å². The average molecular weight is 227 g/mol. The van der Waals surface area contributed by atoms with Crippen LogP contribution >= 0.6 is 11.6 Å². The second kappa shape index (κ2) is 5.99. The summed E-state index contributed by atoms with van der Waals surface area (Å²) in [6, 6.07) is 8.28. The molecular formula is C12H19ClN2. The highest BCUT2D eigenvalue weighted by molar-refractivity contribution is 6.17. The van der Waals surface area contributed by atoms with Crippen LogP contribution in [-0.2, 0) is 5.88 Å². The maximum absolute atomic E-state index is 5.90. The predicted octanol–water partition coefficient (Wildman–Crippen LogP) is 2.42. The van der Waals surface area contributed by atoms with Crippen LogP contribution in [-0.4, -0.2) is 39.1 Å². The highest BCUT2D eigenvalue weighted by atomic mass is 35.5. The Morgan fingerprint density at radius 2 is 1.73 bits per heavy atom. The van der Waals surface area contributed by atoms with Gasteiger partial charge in [0.15, 0.2) is 0 Å². The van der Waals surface area contributed by atoms with E-state index in [0.29, 0.717) is 5.88 Å². The van der Waals surface area contributed by atoms with Crippen LogP contribution in [0.3, 0.4) is 0 Å². The molecule has 84 valence electrons. The minimum Gasteiger partial charge on any atom is -0.373 e. The molecule has 0 fully saturated rings. The van der Waals surface area contributed by atoms with E-state index in [9.17, 15) is 0 Å². The van der Waals surface area contributed by atoms with E-state index in [4.69, 9.17) is 11.6 Å². The first kappa shape index (κ1) is 12.3. The number of alkyl halides is 1. The highest BCUT2D eigenvalue weighted by Gasteiger charge is 2.05. The number of likely N-dealkylation sites (N-methyl/N-ethyl adjacent to an activating group) is 2. The summed E-state index contributed by atoms with van der Waals surface area (Å²) in [4.78, 5) is 4.43. The molecular weight excluding hydrogens is 208 g/mol. The molecule has 0 aliphatic carbocycles. The summed E-state index contributed by atoms with van der Waals surface area (Å²) in [6.45, 7) is 2.06. The van der Waals surface area contributed by atoms with Crippen LogP contribution in [0.1, 0.15) is 5.56 Å². The molecule has 0 amide bonds. The molecule has 15 heavy (non-hydrogen) atoms. The second-order valence-electron chi connectivity index (χ2n) is 3.99. The largest absolute Gasteiger partial charge is 0.373 e. The van der Waals surface area contributed by atoms with E-state index in [1.165, 1.54) is 11.3 Å². The van der Waals surface area contributed by atoms with Gasteiger partial charge < -0.3 is 9.80 Å². The van der Waals surface area contributed by atoms with Crippen molar-refractivity contribution in [3.63, 3.8) is 0 Å². The zero-order valence-corrected chi connectivity index (χ0v) is 10.5. The molecule has 0 N–H and O–H groups in total. The summed E-state index contributed by atoms with van der Waals surface area (Å²) in [7, 11) is 6.28. The van der Waals surface area contributed by atoms with E-state index in [1.54, 1.807) is 0 Å². The van der Waals surface area contributed by atoms with Gasteiger partial charge in [-0.15, -0.1) is 11.6 Å². The summed E-state index contributed by atoms with van der Waals surface area (Å²) in [5.74, 6) is 0.572. The van der Waals surface area contributed by atoms with Gasteiger partial charge in [-0.1, -0.05) is 18.2 Å². The third-order valence-corrected chi connectivity index (χ3v) is 2.72. The van der Waals surface area contributed by atoms with Gasteiger partial charge in [-0.05, 0) is 25.7 Å². The Morgan fingerprint density at radius 3 is 2.33 bits per heavy atom. The zero-order chi connectivity index (χ0) is 11.3. The third-order valence-electron chi connectivity index (χ3n) is 2.43. The van der Waals surface area contributed by atoms with Crippen molar-refractivity contribution in [3.8, 4) is 0 Å². The quantitative estimate of drug-likeness (QED) is 0.712. The minimum absolute atomic E-state index is 0.572. The molecule has 0 atom stereocenters. The van der Waals surface area contributed by atoms with Crippen molar-refractivity contribution < 1.29 is 0 Å². The molecule has 3 heteroatoms. The Labute approximate surface area is 97.4 Å². The first-order valence-corrected chi connectivity index (χ1v) is 5.68. The van der Waals surface area contributed by atoms with E-state index in [1.807, 2.05) is 6.07 Å². The lowest BCUT2D eigenvalue weighted by Crippen LogP contribution is -2.28. The number of hydrogen-bond donors (Lipinski definition) is 0. The Bertz CT molecular complexity index is 299. The average Bonchev–Trinajstić information content (AvgIpc) is 2.25. The molecule has 0 saturated heterocycles. The maximum atomic E-state index is 5.90. The molecule has 0 aliphatic rings. The Morgan fingerprint density at radius 1 is 1.07 bits per heavy atom. The first-order chi connectivity index (χ1) is 7.15. The number of nitrogens with zero attached hydrogens (tertiary/aromatic N) is 2. The molecule has 0 unspecified atom stereocenters. The molecule has 1 aromatic rings. The van der Waals surface area contributed by atoms with Gasteiger partial charge in [0.25, 0.3) is 0 Å². The maximum Gasteiger partial charge on any atom is 0.0494 e. The summed E-state index contributed by atoms with van der Waals surface area (Å²) < 4.78 is 0.